The van der Waals surface area contributed by atoms with E-state index in [1.807, 2.05) is 7.05 Å². The van der Waals surface area contributed by atoms with Crippen LogP contribution in [0.5, 0.6) is 0 Å². The van der Waals surface area contributed by atoms with Gasteiger partial charge in [0, 0.05) is 38.4 Å². The van der Waals surface area contributed by atoms with Gasteiger partial charge in [0.15, 0.2) is 5.96 Å². The number of rotatable bonds is 6. The van der Waals surface area contributed by atoms with Crippen molar-refractivity contribution in [3.8, 4) is 0 Å². The Hall–Kier alpha value is -1.28. The lowest BCUT2D eigenvalue weighted by atomic mass is 9.97. The number of hydrogen-bond acceptors (Lipinski definition) is 2. The van der Waals surface area contributed by atoms with Gasteiger partial charge in [-0.15, -0.1) is 24.0 Å². The second kappa shape index (κ2) is 10.8. The van der Waals surface area contributed by atoms with Crippen molar-refractivity contribution in [1.82, 2.24) is 20.1 Å². The summed E-state index contributed by atoms with van der Waals surface area (Å²) >= 11 is 0. The number of aliphatic imine (C=N–C) groups is 1. The number of piperidine rings is 1. The molecular formula is C20H32IN5. The molecule has 0 spiro atoms. The van der Waals surface area contributed by atoms with E-state index in [1.165, 1.54) is 36.8 Å². The van der Waals surface area contributed by atoms with Crippen LogP contribution < -0.4 is 10.6 Å². The molecule has 0 saturated carbocycles. The van der Waals surface area contributed by atoms with Gasteiger partial charge in [-0.2, -0.15) is 0 Å². The van der Waals surface area contributed by atoms with Crippen LogP contribution in [0.25, 0.3) is 10.9 Å². The quantitative estimate of drug-likeness (QED) is 0.296. The molecule has 1 aromatic carbocycles. The largest absolute Gasteiger partial charge is 0.356 e. The molecule has 1 aliphatic rings. The molecule has 144 valence electrons. The number of hydrogen-bond donors (Lipinski definition) is 2. The minimum absolute atomic E-state index is 0. The SMILES string of the molecule is CN=C(NCCCn1ccc2ccccc21)NCC1CCN(C)CC1.I. The van der Waals surface area contributed by atoms with Crippen LogP contribution in [-0.4, -0.2) is 55.7 Å². The third-order valence-corrected chi connectivity index (χ3v) is 5.17. The predicted octanol–water partition coefficient (Wildman–Crippen LogP) is 3.16. The van der Waals surface area contributed by atoms with E-state index >= 15 is 0 Å². The van der Waals surface area contributed by atoms with Gasteiger partial charge in [0.1, 0.15) is 0 Å². The number of para-hydroxylation sites is 1. The number of nitrogens with zero attached hydrogens (tertiary/aromatic N) is 3. The molecule has 0 radical (unpaired) electrons. The van der Waals surface area contributed by atoms with E-state index in [-0.39, 0.29) is 24.0 Å². The Morgan fingerprint density at radius 1 is 1.15 bits per heavy atom. The van der Waals surface area contributed by atoms with Gasteiger partial charge in [0.05, 0.1) is 0 Å². The fourth-order valence-corrected chi connectivity index (χ4v) is 3.52. The first-order valence-electron chi connectivity index (χ1n) is 9.43. The fourth-order valence-electron chi connectivity index (χ4n) is 3.52. The minimum Gasteiger partial charge on any atom is -0.356 e. The summed E-state index contributed by atoms with van der Waals surface area (Å²) < 4.78 is 2.33. The van der Waals surface area contributed by atoms with Crippen molar-refractivity contribution in [2.75, 3.05) is 40.3 Å². The smallest absolute Gasteiger partial charge is 0.190 e. The predicted molar refractivity (Wildman–Crippen MR) is 122 cm³/mol. The Morgan fingerprint density at radius 3 is 2.69 bits per heavy atom. The van der Waals surface area contributed by atoms with E-state index in [9.17, 15) is 0 Å². The van der Waals surface area contributed by atoms with E-state index in [0.29, 0.717) is 0 Å². The number of halogens is 1. The molecule has 2 aromatic rings. The molecular weight excluding hydrogens is 437 g/mol. The second-order valence-electron chi connectivity index (χ2n) is 7.05. The number of guanidine groups is 1. The maximum atomic E-state index is 4.35. The van der Waals surface area contributed by atoms with Crippen molar-refractivity contribution in [3.05, 3.63) is 36.5 Å². The highest BCUT2D eigenvalue weighted by molar-refractivity contribution is 14.0. The van der Waals surface area contributed by atoms with Gasteiger partial charge in [0.25, 0.3) is 0 Å². The maximum Gasteiger partial charge on any atom is 0.190 e. The minimum atomic E-state index is 0. The van der Waals surface area contributed by atoms with Gasteiger partial charge in [-0.05, 0) is 62.8 Å². The van der Waals surface area contributed by atoms with Crippen molar-refractivity contribution in [2.45, 2.75) is 25.8 Å². The van der Waals surface area contributed by atoms with Gasteiger partial charge in [-0.1, -0.05) is 18.2 Å². The summed E-state index contributed by atoms with van der Waals surface area (Å²) in [5.74, 6) is 1.69. The molecule has 0 aliphatic carbocycles. The zero-order valence-corrected chi connectivity index (χ0v) is 18.3. The lowest BCUT2D eigenvalue weighted by molar-refractivity contribution is 0.220. The van der Waals surface area contributed by atoms with Gasteiger partial charge < -0.3 is 20.1 Å². The summed E-state index contributed by atoms with van der Waals surface area (Å²) in [7, 11) is 4.06. The zero-order valence-electron chi connectivity index (χ0n) is 15.9. The van der Waals surface area contributed by atoms with Crippen LogP contribution in [0.15, 0.2) is 41.5 Å². The van der Waals surface area contributed by atoms with Crippen molar-refractivity contribution in [2.24, 2.45) is 10.9 Å². The summed E-state index contributed by atoms with van der Waals surface area (Å²) in [5, 5.41) is 8.25. The molecule has 0 amide bonds. The molecule has 0 atom stereocenters. The summed E-state index contributed by atoms with van der Waals surface area (Å²) in [4.78, 5) is 6.76. The monoisotopic (exact) mass is 469 g/mol. The van der Waals surface area contributed by atoms with E-state index < -0.39 is 0 Å². The first-order valence-corrected chi connectivity index (χ1v) is 9.43. The topological polar surface area (TPSA) is 44.6 Å². The van der Waals surface area contributed by atoms with Crippen LogP contribution in [0.2, 0.25) is 0 Å². The second-order valence-corrected chi connectivity index (χ2v) is 7.05. The van der Waals surface area contributed by atoms with E-state index in [1.54, 1.807) is 0 Å². The van der Waals surface area contributed by atoms with E-state index in [4.69, 9.17) is 0 Å². The fraction of sp³-hybridized carbons (Fsp3) is 0.550. The highest BCUT2D eigenvalue weighted by Crippen LogP contribution is 2.15. The van der Waals surface area contributed by atoms with Gasteiger partial charge in [0.2, 0.25) is 0 Å². The molecule has 1 aromatic heterocycles. The Labute approximate surface area is 174 Å². The lowest BCUT2D eigenvalue weighted by Gasteiger charge is -2.29. The number of likely N-dealkylation sites (tertiary alicyclic amines) is 1. The third-order valence-electron chi connectivity index (χ3n) is 5.17. The Balaban J connectivity index is 0.00000243. The molecule has 6 heteroatoms. The normalized spacial score (nSPS) is 16.5. The molecule has 5 nitrogen and oxygen atoms in total. The van der Waals surface area contributed by atoms with Crippen LogP contribution in [0, 0.1) is 5.92 Å². The molecule has 2 heterocycles. The highest BCUT2D eigenvalue weighted by Gasteiger charge is 2.16. The van der Waals surface area contributed by atoms with Crippen LogP contribution in [0.4, 0.5) is 0 Å². The first-order chi connectivity index (χ1) is 12.3. The molecule has 2 N–H and O–H groups in total. The first kappa shape index (κ1) is 21.0. The standard InChI is InChI=1S/C20H31N5.HI/c1-21-20(23-16-17-8-13-24(2)14-9-17)22-11-5-12-25-15-10-18-6-3-4-7-19(18)25;/h3-4,6-7,10,15,17H,5,8-9,11-14,16H2,1-2H3,(H2,21,22,23);1H. The average molecular weight is 469 g/mol. The number of aromatic nitrogens is 1. The molecule has 26 heavy (non-hydrogen) atoms. The van der Waals surface area contributed by atoms with Crippen LogP contribution in [0.1, 0.15) is 19.3 Å². The summed E-state index contributed by atoms with van der Waals surface area (Å²) in [6.07, 6.45) is 5.81. The lowest BCUT2D eigenvalue weighted by Crippen LogP contribution is -2.42. The maximum absolute atomic E-state index is 4.35. The molecule has 1 aliphatic heterocycles. The molecule has 1 saturated heterocycles. The van der Waals surface area contributed by atoms with Crippen LogP contribution in [-0.2, 0) is 6.54 Å². The Kier molecular flexibility index (Phi) is 8.71. The zero-order chi connectivity index (χ0) is 17.5. The van der Waals surface area contributed by atoms with E-state index in [2.05, 4.69) is 68.7 Å². The molecule has 3 rings (SSSR count). The van der Waals surface area contributed by atoms with Gasteiger partial charge in [-0.25, -0.2) is 0 Å². The molecule has 0 unspecified atom stereocenters. The Bertz CT molecular complexity index is 688. The van der Waals surface area contributed by atoms with Gasteiger partial charge >= 0.3 is 0 Å². The van der Waals surface area contributed by atoms with Crippen LogP contribution in [0.3, 0.4) is 0 Å². The van der Waals surface area contributed by atoms with E-state index in [0.717, 1.165) is 37.9 Å². The van der Waals surface area contributed by atoms with Crippen molar-refractivity contribution < 1.29 is 0 Å². The molecule has 1 fully saturated rings. The average Bonchev–Trinajstić information content (AvgIpc) is 3.06. The summed E-state index contributed by atoms with van der Waals surface area (Å²) in [5.41, 5.74) is 1.31. The van der Waals surface area contributed by atoms with Crippen molar-refractivity contribution >= 4 is 40.8 Å². The summed E-state index contributed by atoms with van der Waals surface area (Å²) in [6.45, 7) is 5.40. The number of nitrogens with one attached hydrogen (secondary N) is 2. The number of fused-ring (bicyclic) bond motifs is 1. The highest BCUT2D eigenvalue weighted by atomic mass is 127. The summed E-state index contributed by atoms with van der Waals surface area (Å²) in [6, 6.07) is 10.7. The van der Waals surface area contributed by atoms with Crippen molar-refractivity contribution in [3.63, 3.8) is 0 Å². The molecule has 0 bridgehead atoms. The Morgan fingerprint density at radius 2 is 1.92 bits per heavy atom. The van der Waals surface area contributed by atoms with Crippen molar-refractivity contribution in [1.29, 1.82) is 0 Å². The number of aryl methyl sites for hydroxylation is 1. The van der Waals surface area contributed by atoms with Crippen LogP contribution >= 0.6 is 24.0 Å². The third kappa shape index (κ3) is 5.87. The van der Waals surface area contributed by atoms with Gasteiger partial charge in [-0.3, -0.25) is 4.99 Å². The number of benzene rings is 1.